The number of amides is 1. The Morgan fingerprint density at radius 3 is 2.76 bits per heavy atom. The van der Waals surface area contributed by atoms with Crippen molar-refractivity contribution in [3.63, 3.8) is 0 Å². The molecule has 0 aliphatic carbocycles. The quantitative estimate of drug-likeness (QED) is 0.339. The molecule has 1 N–H and O–H groups in total. The number of thioether (sulfide) groups is 1. The summed E-state index contributed by atoms with van der Waals surface area (Å²) in [6, 6.07) is 10.9. The van der Waals surface area contributed by atoms with E-state index in [1.807, 2.05) is 16.7 Å². The standard InChI is InChI=1S/C23H28ClN5O3S/c1-17-8-11-28(12-9-17)22-26-27-23(29(22)15-20-3-2-13-31-20)33-16-21(30)25-10-14-32-19-6-4-18(24)5-7-19/h2-7,13,17H,8-12,14-16H2,1H3,(H,25,30). The van der Waals surface area contributed by atoms with Gasteiger partial charge in [0, 0.05) is 18.1 Å². The fourth-order valence-corrected chi connectivity index (χ4v) is 4.49. The number of benzene rings is 1. The molecule has 0 atom stereocenters. The predicted molar refractivity (Wildman–Crippen MR) is 129 cm³/mol. The first-order valence-electron chi connectivity index (χ1n) is 11.1. The van der Waals surface area contributed by atoms with Gasteiger partial charge in [0.1, 0.15) is 18.1 Å². The monoisotopic (exact) mass is 489 g/mol. The second-order valence-corrected chi connectivity index (χ2v) is 9.44. The summed E-state index contributed by atoms with van der Waals surface area (Å²) in [5, 5.41) is 13.1. The third-order valence-electron chi connectivity index (χ3n) is 5.50. The normalized spacial score (nSPS) is 14.4. The van der Waals surface area contributed by atoms with Crippen LogP contribution in [0.2, 0.25) is 5.02 Å². The van der Waals surface area contributed by atoms with Crippen molar-refractivity contribution in [1.82, 2.24) is 20.1 Å². The maximum Gasteiger partial charge on any atom is 0.230 e. The summed E-state index contributed by atoms with van der Waals surface area (Å²) in [7, 11) is 0. The number of ether oxygens (including phenoxy) is 1. The zero-order valence-electron chi connectivity index (χ0n) is 18.6. The fraction of sp³-hybridized carbons (Fsp3) is 0.435. The lowest BCUT2D eigenvalue weighted by Crippen LogP contribution is -2.35. The molecule has 3 aromatic rings. The van der Waals surface area contributed by atoms with Crippen molar-refractivity contribution in [3.8, 4) is 5.75 Å². The van der Waals surface area contributed by atoms with Crippen molar-refractivity contribution >= 4 is 35.2 Å². The van der Waals surface area contributed by atoms with E-state index in [2.05, 4.69) is 27.3 Å². The second-order valence-electron chi connectivity index (χ2n) is 8.06. The zero-order chi connectivity index (χ0) is 23.0. The molecular weight excluding hydrogens is 462 g/mol. The molecule has 10 heteroatoms. The van der Waals surface area contributed by atoms with Gasteiger partial charge in [0.05, 0.1) is 25.1 Å². The molecule has 3 heterocycles. The zero-order valence-corrected chi connectivity index (χ0v) is 20.1. The number of anilines is 1. The summed E-state index contributed by atoms with van der Waals surface area (Å²) < 4.78 is 13.2. The molecule has 0 unspecified atom stereocenters. The van der Waals surface area contributed by atoms with Gasteiger partial charge in [-0.15, -0.1) is 10.2 Å². The molecule has 0 spiro atoms. The highest BCUT2D eigenvalue weighted by molar-refractivity contribution is 7.99. The number of rotatable bonds is 10. The van der Waals surface area contributed by atoms with Crippen LogP contribution in [-0.4, -0.2) is 52.7 Å². The molecule has 0 saturated carbocycles. The Hall–Kier alpha value is -2.65. The third kappa shape index (κ3) is 6.68. The van der Waals surface area contributed by atoms with Gasteiger partial charge in [-0.3, -0.25) is 9.36 Å². The van der Waals surface area contributed by atoms with Gasteiger partial charge >= 0.3 is 0 Å². The van der Waals surface area contributed by atoms with Crippen LogP contribution in [0.3, 0.4) is 0 Å². The Bertz CT molecular complexity index is 1020. The highest BCUT2D eigenvalue weighted by Gasteiger charge is 2.23. The van der Waals surface area contributed by atoms with Crippen LogP contribution < -0.4 is 15.0 Å². The molecular formula is C23H28ClN5O3S. The van der Waals surface area contributed by atoms with E-state index in [0.717, 1.165) is 43.6 Å². The first kappa shape index (κ1) is 23.5. The number of nitrogens with zero attached hydrogens (tertiary/aromatic N) is 4. The van der Waals surface area contributed by atoms with E-state index >= 15 is 0 Å². The van der Waals surface area contributed by atoms with Crippen LogP contribution >= 0.6 is 23.4 Å². The molecule has 33 heavy (non-hydrogen) atoms. The van der Waals surface area contributed by atoms with Crippen molar-refractivity contribution < 1.29 is 13.9 Å². The third-order valence-corrected chi connectivity index (χ3v) is 6.72. The van der Waals surface area contributed by atoms with E-state index in [1.54, 1.807) is 30.5 Å². The second kappa shape index (κ2) is 11.5. The van der Waals surface area contributed by atoms with Crippen LogP contribution in [0.5, 0.6) is 5.75 Å². The number of carbonyl (C=O) groups excluding carboxylic acids is 1. The Labute approximate surface area is 202 Å². The minimum absolute atomic E-state index is 0.0828. The number of furan rings is 1. The molecule has 1 amide bonds. The lowest BCUT2D eigenvalue weighted by molar-refractivity contribution is -0.118. The van der Waals surface area contributed by atoms with Gasteiger partial charge in [-0.25, -0.2) is 0 Å². The van der Waals surface area contributed by atoms with Crippen LogP contribution in [0.25, 0.3) is 0 Å². The summed E-state index contributed by atoms with van der Waals surface area (Å²) in [4.78, 5) is 14.6. The molecule has 176 valence electrons. The first-order valence-corrected chi connectivity index (χ1v) is 12.4. The van der Waals surface area contributed by atoms with Gasteiger partial charge < -0.3 is 19.4 Å². The number of hydrogen-bond acceptors (Lipinski definition) is 7. The molecule has 0 radical (unpaired) electrons. The summed E-state index contributed by atoms with van der Waals surface area (Å²) in [5.74, 6) is 3.26. The summed E-state index contributed by atoms with van der Waals surface area (Å²) in [6.07, 6.45) is 3.93. The van der Waals surface area contributed by atoms with Gasteiger partial charge in [0.25, 0.3) is 0 Å². The Kier molecular flexibility index (Phi) is 8.17. The minimum atomic E-state index is -0.0828. The highest BCUT2D eigenvalue weighted by atomic mass is 35.5. The van der Waals surface area contributed by atoms with Crippen LogP contribution in [-0.2, 0) is 11.3 Å². The lowest BCUT2D eigenvalue weighted by Gasteiger charge is -2.31. The first-order chi connectivity index (χ1) is 16.1. The molecule has 8 nitrogen and oxygen atoms in total. The van der Waals surface area contributed by atoms with Crippen LogP contribution in [0.4, 0.5) is 5.95 Å². The maximum absolute atomic E-state index is 12.4. The molecule has 1 aliphatic heterocycles. The Balaban J connectivity index is 1.31. The van der Waals surface area contributed by atoms with Crippen LogP contribution in [0.1, 0.15) is 25.5 Å². The van der Waals surface area contributed by atoms with Crippen molar-refractivity contribution in [1.29, 1.82) is 0 Å². The molecule has 1 aliphatic rings. The number of piperidine rings is 1. The SMILES string of the molecule is CC1CCN(c2nnc(SCC(=O)NCCOc3ccc(Cl)cc3)n2Cc2ccco2)CC1. The maximum atomic E-state index is 12.4. The summed E-state index contributed by atoms with van der Waals surface area (Å²) >= 11 is 7.24. The van der Waals surface area contributed by atoms with Gasteiger partial charge in [-0.2, -0.15) is 0 Å². The lowest BCUT2D eigenvalue weighted by atomic mass is 10.00. The molecule has 1 fully saturated rings. The minimum Gasteiger partial charge on any atom is -0.492 e. The van der Waals surface area contributed by atoms with Crippen molar-refractivity contribution in [3.05, 3.63) is 53.4 Å². The summed E-state index contributed by atoms with van der Waals surface area (Å²) in [5.41, 5.74) is 0. The van der Waals surface area contributed by atoms with E-state index in [1.165, 1.54) is 11.8 Å². The topological polar surface area (TPSA) is 85.4 Å². The molecule has 1 aromatic carbocycles. The molecule has 1 saturated heterocycles. The van der Waals surface area contributed by atoms with Crippen molar-refractivity contribution in [2.45, 2.75) is 31.5 Å². The Morgan fingerprint density at radius 2 is 2.03 bits per heavy atom. The van der Waals surface area contributed by atoms with Crippen LogP contribution in [0.15, 0.2) is 52.2 Å². The molecule has 0 bridgehead atoms. The van der Waals surface area contributed by atoms with E-state index in [-0.39, 0.29) is 11.7 Å². The largest absolute Gasteiger partial charge is 0.492 e. The molecule has 2 aromatic heterocycles. The van der Waals surface area contributed by atoms with E-state index in [9.17, 15) is 4.79 Å². The smallest absolute Gasteiger partial charge is 0.230 e. The Morgan fingerprint density at radius 1 is 1.24 bits per heavy atom. The summed E-state index contributed by atoms with van der Waals surface area (Å²) in [6.45, 7) is 5.51. The highest BCUT2D eigenvalue weighted by Crippen LogP contribution is 2.27. The average molecular weight is 490 g/mol. The van der Waals surface area contributed by atoms with Gasteiger partial charge in [-0.05, 0) is 55.2 Å². The molecule has 4 rings (SSSR count). The van der Waals surface area contributed by atoms with Gasteiger partial charge in [-0.1, -0.05) is 30.3 Å². The van der Waals surface area contributed by atoms with Crippen molar-refractivity contribution in [2.75, 3.05) is 36.9 Å². The number of carbonyl (C=O) groups is 1. The van der Waals surface area contributed by atoms with Gasteiger partial charge in [0.15, 0.2) is 5.16 Å². The fourth-order valence-electron chi connectivity index (χ4n) is 3.60. The number of halogens is 1. The number of hydrogen-bond donors (Lipinski definition) is 1. The van der Waals surface area contributed by atoms with Crippen molar-refractivity contribution in [2.24, 2.45) is 5.92 Å². The van der Waals surface area contributed by atoms with E-state index < -0.39 is 0 Å². The predicted octanol–water partition coefficient (Wildman–Crippen LogP) is 4.10. The number of nitrogens with one attached hydrogen (secondary N) is 1. The van der Waals surface area contributed by atoms with E-state index in [4.69, 9.17) is 20.8 Å². The average Bonchev–Trinajstić information content (AvgIpc) is 3.48. The van der Waals surface area contributed by atoms with Gasteiger partial charge in [0.2, 0.25) is 11.9 Å². The van der Waals surface area contributed by atoms with E-state index in [0.29, 0.717) is 35.6 Å². The van der Waals surface area contributed by atoms with Crippen LogP contribution in [0, 0.1) is 5.92 Å². The number of aromatic nitrogens is 3.